The molecule has 1 aliphatic heterocycles. The van der Waals surface area contributed by atoms with Crippen LogP contribution < -0.4 is 0 Å². The second-order valence-corrected chi connectivity index (χ2v) is 5.52. The first-order valence-electron chi connectivity index (χ1n) is 6.72. The molecule has 0 radical (unpaired) electrons. The standard InChI is InChI=1S/C13H21NO4/c1-2-8-5-10(11(6-8)13(17)18)12(16)14-4-3-9(15)7-14/h8-11,15H,2-7H2,1H3,(H,17,18)/t8?,9-,10+,11-/m1/s1. The molecule has 1 aliphatic carbocycles. The van der Waals surface area contributed by atoms with E-state index in [1.54, 1.807) is 4.90 Å². The van der Waals surface area contributed by atoms with E-state index in [4.69, 9.17) is 0 Å². The molecule has 0 spiro atoms. The number of nitrogens with zero attached hydrogens (tertiary/aromatic N) is 1. The number of hydrogen-bond donors (Lipinski definition) is 2. The summed E-state index contributed by atoms with van der Waals surface area (Å²) in [6, 6.07) is 0. The summed E-state index contributed by atoms with van der Waals surface area (Å²) in [5, 5.41) is 18.7. The number of rotatable bonds is 3. The van der Waals surface area contributed by atoms with E-state index in [2.05, 4.69) is 0 Å². The van der Waals surface area contributed by atoms with Crippen LogP contribution in [0.1, 0.15) is 32.6 Å². The minimum Gasteiger partial charge on any atom is -0.481 e. The fraction of sp³-hybridized carbons (Fsp3) is 0.846. The Labute approximate surface area is 107 Å². The van der Waals surface area contributed by atoms with Gasteiger partial charge in [-0.25, -0.2) is 0 Å². The Morgan fingerprint density at radius 3 is 2.44 bits per heavy atom. The van der Waals surface area contributed by atoms with Gasteiger partial charge in [0.25, 0.3) is 0 Å². The molecule has 2 fully saturated rings. The second kappa shape index (κ2) is 5.26. The average Bonchev–Trinajstić information content (AvgIpc) is 2.93. The van der Waals surface area contributed by atoms with Gasteiger partial charge in [-0.15, -0.1) is 0 Å². The number of aliphatic hydroxyl groups excluding tert-OH is 1. The summed E-state index contributed by atoms with van der Waals surface area (Å²) in [4.78, 5) is 25.2. The third-order valence-electron chi connectivity index (χ3n) is 4.35. The van der Waals surface area contributed by atoms with E-state index >= 15 is 0 Å². The molecule has 2 N–H and O–H groups in total. The zero-order valence-electron chi connectivity index (χ0n) is 10.7. The number of β-amino-alcohol motifs (C(OH)–C–C–N with tert-alkyl or cyclic N) is 1. The van der Waals surface area contributed by atoms with Crippen LogP contribution in [0.2, 0.25) is 0 Å². The van der Waals surface area contributed by atoms with Crippen LogP contribution in [0.4, 0.5) is 0 Å². The maximum absolute atomic E-state index is 12.3. The minimum atomic E-state index is -0.857. The molecule has 0 bridgehead atoms. The monoisotopic (exact) mass is 255 g/mol. The van der Waals surface area contributed by atoms with Crippen LogP contribution in [0.15, 0.2) is 0 Å². The van der Waals surface area contributed by atoms with E-state index in [-0.39, 0.29) is 5.91 Å². The molecule has 5 heteroatoms. The van der Waals surface area contributed by atoms with E-state index in [0.29, 0.717) is 38.3 Å². The van der Waals surface area contributed by atoms with Crippen LogP contribution in [-0.2, 0) is 9.59 Å². The molecular weight excluding hydrogens is 234 g/mol. The molecule has 0 aromatic carbocycles. The van der Waals surface area contributed by atoms with E-state index in [1.807, 2.05) is 6.92 Å². The molecule has 2 aliphatic rings. The Morgan fingerprint density at radius 1 is 1.28 bits per heavy atom. The molecule has 2 rings (SSSR count). The number of carboxylic acids is 1. The number of hydrogen-bond acceptors (Lipinski definition) is 3. The Bertz CT molecular complexity index is 344. The van der Waals surface area contributed by atoms with Gasteiger partial charge < -0.3 is 15.1 Å². The summed E-state index contributed by atoms with van der Waals surface area (Å²) < 4.78 is 0. The van der Waals surface area contributed by atoms with Crippen molar-refractivity contribution in [3.05, 3.63) is 0 Å². The second-order valence-electron chi connectivity index (χ2n) is 5.52. The van der Waals surface area contributed by atoms with Crippen molar-refractivity contribution in [3.63, 3.8) is 0 Å². The Balaban J connectivity index is 2.05. The lowest BCUT2D eigenvalue weighted by Crippen LogP contribution is -2.38. The van der Waals surface area contributed by atoms with Crippen molar-refractivity contribution in [3.8, 4) is 0 Å². The number of likely N-dealkylation sites (tertiary alicyclic amines) is 1. The zero-order valence-corrected chi connectivity index (χ0v) is 10.7. The lowest BCUT2D eigenvalue weighted by molar-refractivity contribution is -0.148. The number of aliphatic hydroxyl groups is 1. The van der Waals surface area contributed by atoms with Crippen molar-refractivity contribution >= 4 is 11.9 Å². The molecule has 18 heavy (non-hydrogen) atoms. The Morgan fingerprint density at radius 2 is 1.94 bits per heavy atom. The quantitative estimate of drug-likeness (QED) is 0.779. The first kappa shape index (κ1) is 13.3. The van der Waals surface area contributed by atoms with E-state index in [9.17, 15) is 19.8 Å². The van der Waals surface area contributed by atoms with Crippen molar-refractivity contribution in [2.45, 2.75) is 38.7 Å². The van der Waals surface area contributed by atoms with Gasteiger partial charge in [0, 0.05) is 13.1 Å². The predicted molar refractivity (Wildman–Crippen MR) is 64.8 cm³/mol. The molecule has 1 saturated carbocycles. The number of carbonyl (C=O) groups is 2. The van der Waals surface area contributed by atoms with Gasteiger partial charge in [-0.2, -0.15) is 0 Å². The molecule has 5 nitrogen and oxygen atoms in total. The van der Waals surface area contributed by atoms with Gasteiger partial charge in [-0.05, 0) is 25.2 Å². The minimum absolute atomic E-state index is 0.0742. The fourth-order valence-electron chi connectivity index (χ4n) is 3.20. The molecule has 1 unspecified atom stereocenters. The summed E-state index contributed by atoms with van der Waals surface area (Å²) in [6.45, 7) is 2.95. The maximum Gasteiger partial charge on any atom is 0.307 e. The van der Waals surface area contributed by atoms with Gasteiger partial charge in [0.05, 0.1) is 17.9 Å². The van der Waals surface area contributed by atoms with Crippen molar-refractivity contribution in [1.82, 2.24) is 4.90 Å². The molecule has 1 saturated heterocycles. The van der Waals surface area contributed by atoms with Gasteiger partial charge in [0.1, 0.15) is 0 Å². The highest BCUT2D eigenvalue weighted by Crippen LogP contribution is 2.39. The maximum atomic E-state index is 12.3. The van der Waals surface area contributed by atoms with Crippen molar-refractivity contribution < 1.29 is 19.8 Å². The number of carboxylic acid groups (broad SMARTS) is 1. The molecule has 1 amide bonds. The predicted octanol–water partition coefficient (Wildman–Crippen LogP) is 0.717. The summed E-state index contributed by atoms with van der Waals surface area (Å²) >= 11 is 0. The molecular formula is C13H21NO4. The first-order chi connectivity index (χ1) is 8.52. The smallest absolute Gasteiger partial charge is 0.307 e. The van der Waals surface area contributed by atoms with Crippen molar-refractivity contribution in [1.29, 1.82) is 0 Å². The summed E-state index contributed by atoms with van der Waals surface area (Å²) in [5.74, 6) is -1.52. The van der Waals surface area contributed by atoms with Crippen LogP contribution in [0, 0.1) is 17.8 Å². The van der Waals surface area contributed by atoms with E-state index < -0.39 is 23.9 Å². The van der Waals surface area contributed by atoms with E-state index in [0.717, 1.165) is 6.42 Å². The van der Waals surface area contributed by atoms with Gasteiger partial charge >= 0.3 is 5.97 Å². The van der Waals surface area contributed by atoms with Crippen LogP contribution >= 0.6 is 0 Å². The molecule has 1 heterocycles. The van der Waals surface area contributed by atoms with Gasteiger partial charge in [0.2, 0.25) is 5.91 Å². The Kier molecular flexibility index (Phi) is 3.90. The molecule has 102 valence electrons. The number of amides is 1. The van der Waals surface area contributed by atoms with Gasteiger partial charge in [-0.3, -0.25) is 9.59 Å². The van der Waals surface area contributed by atoms with Crippen LogP contribution in [-0.4, -0.2) is 46.2 Å². The number of aliphatic carboxylic acids is 1. The van der Waals surface area contributed by atoms with E-state index in [1.165, 1.54) is 0 Å². The van der Waals surface area contributed by atoms with Crippen LogP contribution in [0.5, 0.6) is 0 Å². The Hall–Kier alpha value is -1.10. The first-order valence-corrected chi connectivity index (χ1v) is 6.72. The fourth-order valence-corrected chi connectivity index (χ4v) is 3.20. The SMILES string of the molecule is CCC1C[C@H](C(=O)N2CC[C@@H](O)C2)[C@H](C(=O)O)C1. The lowest BCUT2D eigenvalue weighted by atomic mass is 9.95. The normalized spacial score (nSPS) is 36.0. The third kappa shape index (κ3) is 2.51. The summed E-state index contributed by atoms with van der Waals surface area (Å²) in [7, 11) is 0. The van der Waals surface area contributed by atoms with Crippen LogP contribution in [0.25, 0.3) is 0 Å². The largest absolute Gasteiger partial charge is 0.481 e. The van der Waals surface area contributed by atoms with Crippen LogP contribution in [0.3, 0.4) is 0 Å². The third-order valence-corrected chi connectivity index (χ3v) is 4.35. The summed E-state index contributed by atoms with van der Waals surface area (Å²) in [5.41, 5.74) is 0. The molecule has 0 aromatic heterocycles. The van der Waals surface area contributed by atoms with Crippen molar-refractivity contribution in [2.75, 3.05) is 13.1 Å². The molecule has 0 aromatic rings. The van der Waals surface area contributed by atoms with Gasteiger partial charge in [-0.1, -0.05) is 13.3 Å². The van der Waals surface area contributed by atoms with Crippen molar-refractivity contribution in [2.24, 2.45) is 17.8 Å². The summed E-state index contributed by atoms with van der Waals surface area (Å²) in [6.07, 6.45) is 2.38. The highest BCUT2D eigenvalue weighted by Gasteiger charge is 2.44. The average molecular weight is 255 g/mol. The van der Waals surface area contributed by atoms with Gasteiger partial charge in [0.15, 0.2) is 0 Å². The highest BCUT2D eigenvalue weighted by atomic mass is 16.4. The lowest BCUT2D eigenvalue weighted by Gasteiger charge is -2.22. The number of carbonyl (C=O) groups excluding carboxylic acids is 1. The topological polar surface area (TPSA) is 77.8 Å². The highest BCUT2D eigenvalue weighted by molar-refractivity contribution is 5.85. The molecule has 4 atom stereocenters. The zero-order chi connectivity index (χ0) is 13.3.